The van der Waals surface area contributed by atoms with Crippen LogP contribution in [0.5, 0.6) is 0 Å². The SMILES string of the molecule is C=CCNC(=O)C(C)Nc1ccc(-c2csc(C)n2)cc1. The van der Waals surface area contributed by atoms with Gasteiger partial charge < -0.3 is 10.6 Å². The molecule has 0 aliphatic carbocycles. The molecular formula is C16H19N3OS. The maximum Gasteiger partial charge on any atom is 0.242 e. The molecule has 1 aromatic carbocycles. The minimum Gasteiger partial charge on any atom is -0.374 e. The van der Waals surface area contributed by atoms with Crippen molar-refractivity contribution < 1.29 is 4.79 Å². The molecular weight excluding hydrogens is 282 g/mol. The van der Waals surface area contributed by atoms with Gasteiger partial charge in [0.1, 0.15) is 6.04 Å². The summed E-state index contributed by atoms with van der Waals surface area (Å²) in [4.78, 5) is 16.2. The van der Waals surface area contributed by atoms with Crippen LogP contribution in [0.2, 0.25) is 0 Å². The summed E-state index contributed by atoms with van der Waals surface area (Å²) in [6, 6.07) is 7.64. The molecule has 1 heterocycles. The van der Waals surface area contributed by atoms with E-state index in [1.165, 1.54) is 0 Å². The zero-order valence-corrected chi connectivity index (χ0v) is 13.0. The van der Waals surface area contributed by atoms with E-state index >= 15 is 0 Å². The van der Waals surface area contributed by atoms with Crippen LogP contribution in [0.1, 0.15) is 11.9 Å². The van der Waals surface area contributed by atoms with Gasteiger partial charge in [0, 0.05) is 23.2 Å². The molecule has 1 atom stereocenters. The van der Waals surface area contributed by atoms with Gasteiger partial charge in [0.05, 0.1) is 10.7 Å². The normalized spacial score (nSPS) is 11.7. The second-order valence-electron chi connectivity index (χ2n) is 4.73. The lowest BCUT2D eigenvalue weighted by atomic mass is 10.1. The Balaban J connectivity index is 1.99. The van der Waals surface area contributed by atoms with Gasteiger partial charge in [-0.25, -0.2) is 4.98 Å². The lowest BCUT2D eigenvalue weighted by molar-refractivity contribution is -0.121. The Morgan fingerprint density at radius 3 is 2.71 bits per heavy atom. The molecule has 5 heteroatoms. The zero-order chi connectivity index (χ0) is 15.2. The molecule has 21 heavy (non-hydrogen) atoms. The van der Waals surface area contributed by atoms with Crippen molar-refractivity contribution in [3.8, 4) is 11.3 Å². The Morgan fingerprint density at radius 2 is 2.14 bits per heavy atom. The Labute approximate surface area is 128 Å². The van der Waals surface area contributed by atoms with Crippen molar-refractivity contribution in [3.05, 3.63) is 47.3 Å². The van der Waals surface area contributed by atoms with E-state index in [9.17, 15) is 4.79 Å². The number of aryl methyl sites for hydroxylation is 1. The van der Waals surface area contributed by atoms with E-state index in [1.54, 1.807) is 17.4 Å². The Kier molecular flexibility index (Phi) is 5.11. The molecule has 1 amide bonds. The first-order valence-electron chi connectivity index (χ1n) is 6.78. The molecule has 0 saturated carbocycles. The summed E-state index contributed by atoms with van der Waals surface area (Å²) in [5, 5.41) is 9.03. The monoisotopic (exact) mass is 301 g/mol. The maximum absolute atomic E-state index is 11.8. The van der Waals surface area contributed by atoms with Crippen LogP contribution in [0, 0.1) is 6.92 Å². The molecule has 4 nitrogen and oxygen atoms in total. The molecule has 0 aliphatic rings. The first-order valence-corrected chi connectivity index (χ1v) is 7.66. The molecule has 2 aromatic rings. The third-order valence-electron chi connectivity index (χ3n) is 3.00. The molecule has 0 aliphatic heterocycles. The minimum absolute atomic E-state index is 0.0471. The van der Waals surface area contributed by atoms with Crippen LogP contribution in [0.25, 0.3) is 11.3 Å². The molecule has 1 unspecified atom stereocenters. The van der Waals surface area contributed by atoms with Crippen molar-refractivity contribution in [2.24, 2.45) is 0 Å². The number of nitrogens with zero attached hydrogens (tertiary/aromatic N) is 1. The summed E-state index contributed by atoms with van der Waals surface area (Å²) in [7, 11) is 0. The number of hydrogen-bond acceptors (Lipinski definition) is 4. The van der Waals surface area contributed by atoms with Gasteiger partial charge in [-0.05, 0) is 26.0 Å². The number of aromatic nitrogens is 1. The average Bonchev–Trinajstić information content (AvgIpc) is 2.92. The molecule has 2 rings (SSSR count). The van der Waals surface area contributed by atoms with Crippen LogP contribution in [-0.2, 0) is 4.79 Å². The summed E-state index contributed by atoms with van der Waals surface area (Å²) in [5.41, 5.74) is 2.97. The molecule has 0 saturated heterocycles. The second kappa shape index (κ2) is 7.04. The third kappa shape index (κ3) is 4.16. The predicted octanol–water partition coefficient (Wildman–Crippen LogP) is 3.22. The van der Waals surface area contributed by atoms with Crippen molar-refractivity contribution in [2.45, 2.75) is 19.9 Å². The first-order chi connectivity index (χ1) is 10.1. The lowest BCUT2D eigenvalue weighted by Crippen LogP contribution is -2.37. The number of nitrogens with one attached hydrogen (secondary N) is 2. The van der Waals surface area contributed by atoms with Crippen molar-refractivity contribution in [1.82, 2.24) is 10.3 Å². The van der Waals surface area contributed by atoms with Crippen LogP contribution < -0.4 is 10.6 Å². The highest BCUT2D eigenvalue weighted by Crippen LogP contribution is 2.23. The van der Waals surface area contributed by atoms with Gasteiger partial charge in [-0.2, -0.15) is 0 Å². The van der Waals surface area contributed by atoms with E-state index in [1.807, 2.05) is 43.5 Å². The van der Waals surface area contributed by atoms with Gasteiger partial charge in [0.25, 0.3) is 0 Å². The number of benzene rings is 1. The Bertz CT molecular complexity index is 619. The van der Waals surface area contributed by atoms with Gasteiger partial charge >= 0.3 is 0 Å². The first kappa shape index (κ1) is 15.3. The molecule has 0 fully saturated rings. The largest absolute Gasteiger partial charge is 0.374 e. The van der Waals surface area contributed by atoms with Crippen molar-refractivity contribution in [3.63, 3.8) is 0 Å². The number of carbonyl (C=O) groups excluding carboxylic acids is 1. The number of anilines is 1. The highest BCUT2D eigenvalue weighted by Gasteiger charge is 2.11. The van der Waals surface area contributed by atoms with E-state index in [0.717, 1.165) is 22.0 Å². The van der Waals surface area contributed by atoms with Gasteiger partial charge in [0.2, 0.25) is 5.91 Å². The summed E-state index contributed by atoms with van der Waals surface area (Å²) < 4.78 is 0. The zero-order valence-electron chi connectivity index (χ0n) is 12.2. The van der Waals surface area contributed by atoms with E-state index < -0.39 is 0 Å². The molecule has 2 N–H and O–H groups in total. The van der Waals surface area contributed by atoms with Crippen molar-refractivity contribution in [1.29, 1.82) is 0 Å². The standard InChI is InChI=1S/C16H19N3OS/c1-4-9-17-16(20)11(2)18-14-7-5-13(6-8-14)15-10-21-12(3)19-15/h4-8,10-11,18H,1,9H2,2-3H3,(H,17,20). The average molecular weight is 301 g/mol. The van der Waals surface area contributed by atoms with Crippen LogP contribution >= 0.6 is 11.3 Å². The molecule has 1 aromatic heterocycles. The Hall–Kier alpha value is -2.14. The second-order valence-corrected chi connectivity index (χ2v) is 5.79. The minimum atomic E-state index is -0.294. The number of carbonyl (C=O) groups is 1. The lowest BCUT2D eigenvalue weighted by Gasteiger charge is -2.14. The van der Waals surface area contributed by atoms with Gasteiger partial charge in [-0.3, -0.25) is 4.79 Å². The fraction of sp³-hybridized carbons (Fsp3) is 0.250. The quantitative estimate of drug-likeness (QED) is 0.806. The fourth-order valence-corrected chi connectivity index (χ4v) is 2.50. The topological polar surface area (TPSA) is 54.0 Å². The van der Waals surface area contributed by atoms with Gasteiger partial charge in [0.15, 0.2) is 0 Å². The number of rotatable bonds is 6. The maximum atomic E-state index is 11.8. The molecule has 0 radical (unpaired) electrons. The van der Waals surface area contributed by atoms with Crippen LogP contribution in [-0.4, -0.2) is 23.5 Å². The highest BCUT2D eigenvalue weighted by molar-refractivity contribution is 7.09. The van der Waals surface area contributed by atoms with Crippen LogP contribution in [0.15, 0.2) is 42.3 Å². The Morgan fingerprint density at radius 1 is 1.43 bits per heavy atom. The summed E-state index contributed by atoms with van der Waals surface area (Å²) >= 11 is 1.64. The fourth-order valence-electron chi connectivity index (χ4n) is 1.87. The van der Waals surface area contributed by atoms with E-state index in [2.05, 4.69) is 22.2 Å². The summed E-state index contributed by atoms with van der Waals surface area (Å²) in [5.74, 6) is -0.0471. The molecule has 0 spiro atoms. The van der Waals surface area contributed by atoms with E-state index in [4.69, 9.17) is 0 Å². The number of amides is 1. The van der Waals surface area contributed by atoms with E-state index in [0.29, 0.717) is 6.54 Å². The van der Waals surface area contributed by atoms with Gasteiger partial charge in [-0.1, -0.05) is 18.2 Å². The summed E-state index contributed by atoms with van der Waals surface area (Å²) in [6.45, 7) is 7.88. The number of hydrogen-bond donors (Lipinski definition) is 2. The van der Waals surface area contributed by atoms with Crippen molar-refractivity contribution >= 4 is 22.9 Å². The van der Waals surface area contributed by atoms with Gasteiger partial charge in [-0.15, -0.1) is 17.9 Å². The van der Waals surface area contributed by atoms with Crippen LogP contribution in [0.4, 0.5) is 5.69 Å². The molecule has 110 valence electrons. The number of thiazole rings is 1. The third-order valence-corrected chi connectivity index (χ3v) is 3.77. The predicted molar refractivity (Wildman–Crippen MR) is 88.6 cm³/mol. The summed E-state index contributed by atoms with van der Waals surface area (Å²) in [6.07, 6.45) is 1.66. The van der Waals surface area contributed by atoms with Crippen molar-refractivity contribution in [2.75, 3.05) is 11.9 Å². The van der Waals surface area contributed by atoms with Crippen LogP contribution in [0.3, 0.4) is 0 Å². The van der Waals surface area contributed by atoms with E-state index in [-0.39, 0.29) is 11.9 Å². The molecule has 0 bridgehead atoms. The smallest absolute Gasteiger partial charge is 0.242 e. The highest BCUT2D eigenvalue weighted by atomic mass is 32.1.